The molecule has 1 unspecified atom stereocenters. The van der Waals surface area contributed by atoms with Crippen LogP contribution in [0.4, 0.5) is 0 Å². The highest BCUT2D eigenvalue weighted by Gasteiger charge is 2.30. The fourth-order valence-corrected chi connectivity index (χ4v) is 2.14. The van der Waals surface area contributed by atoms with Crippen molar-refractivity contribution in [2.24, 2.45) is 0 Å². The van der Waals surface area contributed by atoms with Gasteiger partial charge in [-0.3, -0.25) is 4.48 Å². The molecule has 0 N–H and O–H groups in total. The molecule has 112 valence electrons. The lowest BCUT2D eigenvalue weighted by Crippen LogP contribution is -3.00. The van der Waals surface area contributed by atoms with Gasteiger partial charge < -0.3 is 17.1 Å². The predicted molar refractivity (Wildman–Crippen MR) is 77.2 cm³/mol. The van der Waals surface area contributed by atoms with Gasteiger partial charge in [0.05, 0.1) is 14.1 Å². The Kier molecular flexibility index (Phi) is 8.19. The Morgan fingerprint density at radius 1 is 1.35 bits per heavy atom. The van der Waals surface area contributed by atoms with E-state index in [4.69, 9.17) is 4.74 Å². The summed E-state index contributed by atoms with van der Waals surface area (Å²) in [4.78, 5) is 11.4. The Morgan fingerprint density at radius 3 is 2.45 bits per heavy atom. The Labute approximate surface area is 128 Å². The molecule has 1 rings (SSSR count). The quantitative estimate of drug-likeness (QED) is 0.309. The van der Waals surface area contributed by atoms with Crippen LogP contribution < -0.4 is 12.4 Å². The first kappa shape index (κ1) is 18.7. The molecule has 0 radical (unpaired) electrons. The fourth-order valence-electron chi connectivity index (χ4n) is 2.14. The fraction of sp³-hybridized carbons (Fsp3) is 0.438. The van der Waals surface area contributed by atoms with E-state index in [1.807, 2.05) is 18.2 Å². The SMILES string of the molecule is C=CC(=O)OC(CCC)[N+](C)(C)Cc1ccccc1.[Cl-]. The van der Waals surface area contributed by atoms with Gasteiger partial charge >= 0.3 is 5.97 Å². The molecule has 3 nitrogen and oxygen atoms in total. The van der Waals surface area contributed by atoms with Gasteiger partial charge in [-0.25, -0.2) is 4.79 Å². The van der Waals surface area contributed by atoms with E-state index in [0.29, 0.717) is 4.48 Å². The summed E-state index contributed by atoms with van der Waals surface area (Å²) in [5.74, 6) is -0.349. The van der Waals surface area contributed by atoms with E-state index in [0.717, 1.165) is 19.4 Å². The predicted octanol–water partition coefficient (Wildman–Crippen LogP) is 0.122. The first-order valence-corrected chi connectivity index (χ1v) is 6.69. The van der Waals surface area contributed by atoms with Gasteiger partial charge in [0.2, 0.25) is 6.23 Å². The molecule has 1 aromatic rings. The Hall–Kier alpha value is -1.32. The number of esters is 1. The van der Waals surface area contributed by atoms with Crippen molar-refractivity contribution in [2.45, 2.75) is 32.5 Å². The van der Waals surface area contributed by atoms with Crippen LogP contribution in [0.3, 0.4) is 0 Å². The molecule has 0 saturated carbocycles. The molecule has 0 aliphatic heterocycles. The largest absolute Gasteiger partial charge is 1.00 e. The molecular formula is C16H24ClNO2. The molecule has 1 aromatic carbocycles. The van der Waals surface area contributed by atoms with Gasteiger partial charge in [-0.15, -0.1) is 0 Å². The zero-order valence-corrected chi connectivity index (χ0v) is 13.3. The topological polar surface area (TPSA) is 26.3 Å². The highest BCUT2D eigenvalue weighted by Crippen LogP contribution is 2.19. The molecule has 0 heterocycles. The standard InChI is InChI=1S/C16H24NO2.ClH/c1-5-10-15(19-16(18)6-2)17(3,4)13-14-11-8-7-9-12-14;/h6-9,11-12,15H,2,5,10,13H2,1,3-4H3;1H/q+1;/p-1. The van der Waals surface area contributed by atoms with E-state index in [9.17, 15) is 4.79 Å². The van der Waals surface area contributed by atoms with E-state index in [1.165, 1.54) is 11.6 Å². The Morgan fingerprint density at radius 2 is 1.95 bits per heavy atom. The molecule has 0 amide bonds. The third kappa shape index (κ3) is 5.76. The van der Waals surface area contributed by atoms with Gasteiger partial charge in [0, 0.05) is 18.1 Å². The van der Waals surface area contributed by atoms with Gasteiger partial charge in [-0.1, -0.05) is 43.8 Å². The summed E-state index contributed by atoms with van der Waals surface area (Å²) in [6.07, 6.45) is 2.91. The van der Waals surface area contributed by atoms with Crippen molar-refractivity contribution in [2.75, 3.05) is 14.1 Å². The third-order valence-electron chi connectivity index (χ3n) is 3.17. The zero-order chi connectivity index (χ0) is 14.3. The van der Waals surface area contributed by atoms with Crippen molar-refractivity contribution in [1.82, 2.24) is 0 Å². The second-order valence-electron chi connectivity index (χ2n) is 5.31. The molecule has 0 aliphatic rings. The molecule has 1 atom stereocenters. The van der Waals surface area contributed by atoms with Gasteiger partial charge in [0.15, 0.2) is 0 Å². The number of hydrogen-bond acceptors (Lipinski definition) is 2. The van der Waals surface area contributed by atoms with Crippen molar-refractivity contribution < 1.29 is 26.4 Å². The van der Waals surface area contributed by atoms with Crippen LogP contribution in [0.2, 0.25) is 0 Å². The summed E-state index contributed by atoms with van der Waals surface area (Å²) in [6.45, 7) is 6.38. The third-order valence-corrected chi connectivity index (χ3v) is 3.17. The molecule has 0 bridgehead atoms. The minimum absolute atomic E-state index is 0. The highest BCUT2D eigenvalue weighted by atomic mass is 35.5. The molecule has 0 fully saturated rings. The first-order chi connectivity index (χ1) is 8.99. The van der Waals surface area contributed by atoms with Crippen LogP contribution in [0, 0.1) is 0 Å². The number of carbonyl (C=O) groups is 1. The zero-order valence-electron chi connectivity index (χ0n) is 12.5. The molecule has 4 heteroatoms. The smallest absolute Gasteiger partial charge is 0.334 e. The summed E-state index contributed by atoms with van der Waals surface area (Å²) in [7, 11) is 4.17. The average molecular weight is 298 g/mol. The maximum absolute atomic E-state index is 11.4. The van der Waals surface area contributed by atoms with Crippen molar-refractivity contribution in [3.05, 3.63) is 48.6 Å². The van der Waals surface area contributed by atoms with E-state index < -0.39 is 0 Å². The summed E-state index contributed by atoms with van der Waals surface area (Å²) < 4.78 is 6.11. The summed E-state index contributed by atoms with van der Waals surface area (Å²) >= 11 is 0. The van der Waals surface area contributed by atoms with Crippen LogP contribution in [-0.2, 0) is 16.1 Å². The van der Waals surface area contributed by atoms with Crippen LogP contribution in [0.5, 0.6) is 0 Å². The van der Waals surface area contributed by atoms with Gasteiger partial charge in [-0.05, 0) is 6.42 Å². The minimum atomic E-state index is -0.349. The maximum Gasteiger partial charge on any atom is 0.334 e. The van der Waals surface area contributed by atoms with Gasteiger partial charge in [0.25, 0.3) is 0 Å². The molecule has 0 saturated heterocycles. The number of ether oxygens (including phenoxy) is 1. The van der Waals surface area contributed by atoms with Crippen LogP contribution in [0.15, 0.2) is 43.0 Å². The maximum atomic E-state index is 11.4. The first-order valence-electron chi connectivity index (χ1n) is 6.69. The van der Waals surface area contributed by atoms with E-state index in [2.05, 4.69) is 39.7 Å². The molecule has 0 aromatic heterocycles. The molecule has 0 spiro atoms. The molecule has 0 aliphatic carbocycles. The number of halogens is 1. The van der Waals surface area contributed by atoms with Crippen LogP contribution >= 0.6 is 0 Å². The van der Waals surface area contributed by atoms with Gasteiger partial charge in [-0.2, -0.15) is 0 Å². The monoisotopic (exact) mass is 297 g/mol. The Balaban J connectivity index is 0.00000361. The Bertz CT molecular complexity index is 418. The second-order valence-corrected chi connectivity index (χ2v) is 5.31. The second kappa shape index (κ2) is 8.77. The summed E-state index contributed by atoms with van der Waals surface area (Å²) in [5.41, 5.74) is 1.24. The van der Waals surface area contributed by atoms with Gasteiger partial charge in [0.1, 0.15) is 6.54 Å². The van der Waals surface area contributed by atoms with Crippen molar-refractivity contribution in [3.8, 4) is 0 Å². The van der Waals surface area contributed by atoms with Crippen molar-refractivity contribution in [1.29, 1.82) is 0 Å². The summed E-state index contributed by atoms with van der Waals surface area (Å²) in [6, 6.07) is 10.3. The normalized spacial score (nSPS) is 12.2. The number of rotatable bonds is 7. The minimum Gasteiger partial charge on any atom is -1.00 e. The van der Waals surface area contributed by atoms with E-state index in [-0.39, 0.29) is 24.6 Å². The van der Waals surface area contributed by atoms with Crippen molar-refractivity contribution >= 4 is 5.97 Å². The molecule has 20 heavy (non-hydrogen) atoms. The lowest BCUT2D eigenvalue weighted by Gasteiger charge is -2.36. The number of quaternary nitrogens is 1. The number of nitrogens with zero attached hydrogens (tertiary/aromatic N) is 1. The van der Waals surface area contributed by atoms with Crippen LogP contribution in [-0.4, -0.2) is 30.8 Å². The number of benzene rings is 1. The van der Waals surface area contributed by atoms with Crippen molar-refractivity contribution in [3.63, 3.8) is 0 Å². The lowest BCUT2D eigenvalue weighted by molar-refractivity contribution is -0.947. The average Bonchev–Trinajstić information content (AvgIpc) is 2.38. The van der Waals surface area contributed by atoms with E-state index >= 15 is 0 Å². The molecular weight excluding hydrogens is 274 g/mol. The number of carbonyl (C=O) groups excluding carboxylic acids is 1. The summed E-state index contributed by atoms with van der Waals surface area (Å²) in [5, 5.41) is 0. The van der Waals surface area contributed by atoms with Crippen LogP contribution in [0.25, 0.3) is 0 Å². The number of hydrogen-bond donors (Lipinski definition) is 0. The van der Waals surface area contributed by atoms with Crippen LogP contribution in [0.1, 0.15) is 25.3 Å². The van der Waals surface area contributed by atoms with E-state index in [1.54, 1.807) is 0 Å². The lowest BCUT2D eigenvalue weighted by atomic mass is 10.1. The highest BCUT2D eigenvalue weighted by molar-refractivity contribution is 5.81.